The van der Waals surface area contributed by atoms with Crippen molar-refractivity contribution in [3.63, 3.8) is 0 Å². The van der Waals surface area contributed by atoms with Crippen LogP contribution < -0.4 is 4.90 Å². The van der Waals surface area contributed by atoms with Crippen molar-refractivity contribution in [2.75, 3.05) is 4.90 Å². The first kappa shape index (κ1) is 21.8. The first-order valence-corrected chi connectivity index (χ1v) is 9.29. The number of nitrogens with zero attached hydrogens (tertiary/aromatic N) is 4. The van der Waals surface area contributed by atoms with Crippen molar-refractivity contribution in [1.29, 1.82) is 5.41 Å². The molecule has 2 aromatic heterocycles. The molecule has 0 bridgehead atoms. The molecule has 0 amide bonds. The van der Waals surface area contributed by atoms with E-state index in [0.29, 0.717) is 12.1 Å². The lowest BCUT2D eigenvalue weighted by atomic mass is 9.90. The van der Waals surface area contributed by atoms with E-state index in [-0.39, 0.29) is 49.2 Å². The molecule has 11 heteroatoms. The Kier molecular flexibility index (Phi) is 6.18. The molecule has 1 fully saturated rings. The summed E-state index contributed by atoms with van der Waals surface area (Å²) in [7, 11) is 0. The topological polar surface area (TPSA) is 78.9 Å². The first-order chi connectivity index (χ1) is 14.1. The van der Waals surface area contributed by atoms with Crippen molar-refractivity contribution >= 4 is 11.9 Å². The Balaban J connectivity index is 1.84. The second kappa shape index (κ2) is 8.49. The Bertz CT molecular complexity index is 880. The SMILES string of the molecule is C=CN(c1ccc(-c2nnc(C(F)(F)F)o2)nc1)[C@@H]1CCC(F)(F)CCC1CC=N. The summed E-state index contributed by atoms with van der Waals surface area (Å²) < 4.78 is 70.3. The molecule has 1 unspecified atom stereocenters. The number of rotatable bonds is 6. The van der Waals surface area contributed by atoms with Crippen molar-refractivity contribution in [2.45, 2.75) is 50.2 Å². The van der Waals surface area contributed by atoms with Crippen LogP contribution >= 0.6 is 0 Å². The van der Waals surface area contributed by atoms with Crippen LogP contribution in [0.3, 0.4) is 0 Å². The Hall–Kier alpha value is -2.85. The van der Waals surface area contributed by atoms with Gasteiger partial charge in [-0.2, -0.15) is 13.2 Å². The van der Waals surface area contributed by atoms with Gasteiger partial charge in [0.1, 0.15) is 5.69 Å². The van der Waals surface area contributed by atoms with E-state index in [1.165, 1.54) is 24.7 Å². The molecule has 1 saturated carbocycles. The van der Waals surface area contributed by atoms with E-state index < -0.39 is 18.0 Å². The molecule has 3 rings (SSSR count). The number of nitrogens with one attached hydrogen (secondary N) is 1. The molecule has 2 atom stereocenters. The maximum absolute atomic E-state index is 13.9. The number of hydrogen-bond acceptors (Lipinski definition) is 6. The molecular formula is C19H20F5N5O. The highest BCUT2D eigenvalue weighted by Gasteiger charge is 2.39. The molecule has 0 aromatic carbocycles. The van der Waals surface area contributed by atoms with E-state index in [9.17, 15) is 22.0 Å². The van der Waals surface area contributed by atoms with Gasteiger partial charge >= 0.3 is 12.1 Å². The number of pyridine rings is 1. The highest BCUT2D eigenvalue weighted by atomic mass is 19.4. The second-order valence-corrected chi connectivity index (χ2v) is 7.10. The van der Waals surface area contributed by atoms with Gasteiger partial charge in [0.2, 0.25) is 5.92 Å². The zero-order chi connectivity index (χ0) is 21.9. The summed E-state index contributed by atoms with van der Waals surface area (Å²) in [5.41, 5.74) is 0.587. The number of halogens is 5. The van der Waals surface area contributed by atoms with E-state index in [0.717, 1.165) is 0 Å². The zero-order valence-electron chi connectivity index (χ0n) is 15.9. The predicted octanol–water partition coefficient (Wildman–Crippen LogP) is 5.33. The van der Waals surface area contributed by atoms with Crippen LogP contribution in [0.5, 0.6) is 0 Å². The number of anilines is 1. The van der Waals surface area contributed by atoms with E-state index in [2.05, 4.69) is 26.2 Å². The van der Waals surface area contributed by atoms with Crippen LogP contribution in [-0.2, 0) is 6.18 Å². The van der Waals surface area contributed by atoms with E-state index in [1.807, 2.05) is 0 Å². The monoisotopic (exact) mass is 429 g/mol. The van der Waals surface area contributed by atoms with Gasteiger partial charge < -0.3 is 14.7 Å². The molecule has 0 radical (unpaired) electrons. The second-order valence-electron chi connectivity index (χ2n) is 7.10. The van der Waals surface area contributed by atoms with Crippen LogP contribution in [0.15, 0.2) is 35.5 Å². The summed E-state index contributed by atoms with van der Waals surface area (Å²) >= 11 is 0. The predicted molar refractivity (Wildman–Crippen MR) is 99.3 cm³/mol. The molecule has 0 spiro atoms. The third-order valence-electron chi connectivity index (χ3n) is 5.14. The van der Waals surface area contributed by atoms with Crippen LogP contribution in [0.1, 0.15) is 38.0 Å². The van der Waals surface area contributed by atoms with Gasteiger partial charge in [-0.05, 0) is 49.7 Å². The molecule has 0 saturated heterocycles. The lowest BCUT2D eigenvalue weighted by Gasteiger charge is -2.34. The highest BCUT2D eigenvalue weighted by molar-refractivity contribution is 5.57. The van der Waals surface area contributed by atoms with Gasteiger partial charge in [-0.25, -0.2) is 13.8 Å². The summed E-state index contributed by atoms with van der Waals surface area (Å²) in [5, 5.41) is 13.7. The lowest BCUT2D eigenvalue weighted by Crippen LogP contribution is -2.37. The molecule has 1 N–H and O–H groups in total. The molecule has 30 heavy (non-hydrogen) atoms. The van der Waals surface area contributed by atoms with Crippen LogP contribution in [0.25, 0.3) is 11.6 Å². The summed E-state index contributed by atoms with van der Waals surface area (Å²) in [6, 6.07) is 2.67. The van der Waals surface area contributed by atoms with Crippen molar-refractivity contribution in [3.05, 3.63) is 37.0 Å². The van der Waals surface area contributed by atoms with Gasteiger partial charge in [0, 0.05) is 18.9 Å². The molecule has 2 heterocycles. The third-order valence-corrected chi connectivity index (χ3v) is 5.14. The Labute approximate surface area is 169 Å². The van der Waals surface area contributed by atoms with E-state index in [1.54, 1.807) is 11.0 Å². The Morgan fingerprint density at radius 1 is 1.23 bits per heavy atom. The number of hydrogen-bond donors (Lipinski definition) is 1. The standard InChI is InChI=1S/C19H20F5N5O/c1-2-29(15-6-9-18(20,21)8-5-12(15)7-10-25)13-3-4-14(26-11-13)16-27-28-17(30-16)19(22,23)24/h2-4,10-12,15,25H,1,5-9H2/t12?,15-/m1/s1. The molecule has 6 nitrogen and oxygen atoms in total. The molecule has 0 aliphatic heterocycles. The Morgan fingerprint density at radius 3 is 2.53 bits per heavy atom. The molecular weight excluding hydrogens is 409 g/mol. The van der Waals surface area contributed by atoms with Crippen molar-refractivity contribution in [1.82, 2.24) is 15.2 Å². The lowest BCUT2D eigenvalue weighted by molar-refractivity contribution is -0.156. The minimum Gasteiger partial charge on any atom is -0.411 e. The quantitative estimate of drug-likeness (QED) is 0.381. The largest absolute Gasteiger partial charge is 0.470 e. The maximum atomic E-state index is 13.9. The number of alkyl halides is 5. The van der Waals surface area contributed by atoms with Crippen molar-refractivity contribution in [2.24, 2.45) is 5.92 Å². The van der Waals surface area contributed by atoms with Gasteiger partial charge in [-0.1, -0.05) is 6.58 Å². The first-order valence-electron chi connectivity index (χ1n) is 9.29. The van der Waals surface area contributed by atoms with Gasteiger partial charge in [-0.3, -0.25) is 0 Å². The van der Waals surface area contributed by atoms with Crippen LogP contribution in [-0.4, -0.2) is 33.4 Å². The molecule has 2 aromatic rings. The smallest absolute Gasteiger partial charge is 0.411 e. The van der Waals surface area contributed by atoms with Gasteiger partial charge in [-0.15, -0.1) is 10.2 Å². The average molecular weight is 429 g/mol. The van der Waals surface area contributed by atoms with Crippen LogP contribution in [0.2, 0.25) is 0 Å². The van der Waals surface area contributed by atoms with E-state index >= 15 is 0 Å². The van der Waals surface area contributed by atoms with Gasteiger partial charge in [0.15, 0.2) is 0 Å². The van der Waals surface area contributed by atoms with Crippen molar-refractivity contribution in [3.8, 4) is 11.6 Å². The zero-order valence-corrected chi connectivity index (χ0v) is 15.9. The van der Waals surface area contributed by atoms with Crippen molar-refractivity contribution < 1.29 is 26.4 Å². The van der Waals surface area contributed by atoms with E-state index in [4.69, 9.17) is 5.41 Å². The fraction of sp³-hybridized carbons (Fsp3) is 0.474. The van der Waals surface area contributed by atoms with Gasteiger partial charge in [0.05, 0.1) is 11.9 Å². The number of aromatic nitrogens is 3. The summed E-state index contributed by atoms with van der Waals surface area (Å²) in [6.45, 7) is 3.77. The third kappa shape index (κ3) is 4.82. The average Bonchev–Trinajstić information content (AvgIpc) is 3.15. The Morgan fingerprint density at radius 2 is 1.97 bits per heavy atom. The van der Waals surface area contributed by atoms with Crippen LogP contribution in [0, 0.1) is 11.3 Å². The normalized spacial score (nSPS) is 21.6. The minimum atomic E-state index is -4.75. The fourth-order valence-electron chi connectivity index (χ4n) is 3.64. The molecule has 162 valence electrons. The molecule has 1 aliphatic carbocycles. The summed E-state index contributed by atoms with van der Waals surface area (Å²) in [6.07, 6.45) is -0.308. The maximum Gasteiger partial charge on any atom is 0.470 e. The van der Waals surface area contributed by atoms with Crippen LogP contribution in [0.4, 0.5) is 27.6 Å². The molecule has 1 aliphatic rings. The summed E-state index contributed by atoms with van der Waals surface area (Å²) in [5.74, 6) is -4.77. The summed E-state index contributed by atoms with van der Waals surface area (Å²) in [4.78, 5) is 5.81. The van der Waals surface area contributed by atoms with Gasteiger partial charge in [0.25, 0.3) is 5.89 Å². The minimum absolute atomic E-state index is 0.0502. The highest BCUT2D eigenvalue weighted by Crippen LogP contribution is 2.39. The fourth-order valence-corrected chi connectivity index (χ4v) is 3.64.